The Morgan fingerprint density at radius 3 is 2.13 bits per heavy atom. The summed E-state index contributed by atoms with van der Waals surface area (Å²) in [7, 11) is 0. The molecule has 13 nitrogen and oxygen atoms in total. The molecule has 13 heteroatoms. The molecule has 10 N–H and O–H groups in total. The largest absolute Gasteiger partial charge is 0.480 e. The molecule has 2 aromatic rings. The molecule has 0 aliphatic heterocycles. The van der Waals surface area contributed by atoms with Gasteiger partial charge in [0, 0.05) is 17.1 Å². The van der Waals surface area contributed by atoms with Gasteiger partial charge >= 0.3 is 5.97 Å². The van der Waals surface area contributed by atoms with E-state index < -0.39 is 66.3 Å². The summed E-state index contributed by atoms with van der Waals surface area (Å²) < 4.78 is 0. The smallest absolute Gasteiger partial charge is 0.328 e. The number of nitrogens with two attached hydrogens (primary N) is 2. The van der Waals surface area contributed by atoms with Crippen LogP contribution in [0.15, 0.2) is 30.5 Å². The van der Waals surface area contributed by atoms with Gasteiger partial charge in [-0.3, -0.25) is 19.2 Å². The van der Waals surface area contributed by atoms with E-state index in [9.17, 15) is 34.2 Å². The van der Waals surface area contributed by atoms with E-state index in [1.807, 2.05) is 24.3 Å². The van der Waals surface area contributed by atoms with Crippen LogP contribution < -0.4 is 27.4 Å². The predicted molar refractivity (Wildman–Crippen MR) is 138 cm³/mol. The van der Waals surface area contributed by atoms with E-state index >= 15 is 0 Å². The molecule has 0 saturated heterocycles. The van der Waals surface area contributed by atoms with Crippen LogP contribution in [0.2, 0.25) is 0 Å². The molecular weight excluding hydrogens is 496 g/mol. The number of aromatic amines is 1. The van der Waals surface area contributed by atoms with Gasteiger partial charge in [0.2, 0.25) is 23.6 Å². The molecular formula is C25H36N6O7. The Kier molecular flexibility index (Phi) is 10.8. The number of hydrogen-bond donors (Lipinski definition) is 8. The van der Waals surface area contributed by atoms with Gasteiger partial charge in [0.15, 0.2) is 6.04 Å². The Morgan fingerprint density at radius 2 is 1.55 bits per heavy atom. The first-order valence-electron chi connectivity index (χ1n) is 12.2. The lowest BCUT2D eigenvalue weighted by Crippen LogP contribution is -2.59. The fraction of sp³-hybridized carbons (Fsp3) is 0.480. The fourth-order valence-electron chi connectivity index (χ4n) is 3.94. The number of aliphatic hydroxyl groups excluding tert-OH is 1. The maximum absolute atomic E-state index is 13.1. The molecule has 208 valence electrons. The number of H-pyrrole nitrogens is 1. The molecule has 0 spiro atoms. The van der Waals surface area contributed by atoms with Crippen molar-refractivity contribution >= 4 is 40.5 Å². The number of aromatic nitrogens is 1. The number of aliphatic hydroxyl groups is 1. The maximum atomic E-state index is 13.1. The summed E-state index contributed by atoms with van der Waals surface area (Å²) >= 11 is 0. The van der Waals surface area contributed by atoms with Crippen LogP contribution in [0.3, 0.4) is 0 Å². The highest BCUT2D eigenvalue weighted by atomic mass is 16.4. The zero-order valence-corrected chi connectivity index (χ0v) is 21.6. The van der Waals surface area contributed by atoms with Crippen LogP contribution in [-0.2, 0) is 30.4 Å². The summed E-state index contributed by atoms with van der Waals surface area (Å²) in [5.74, 6) is -4.86. The van der Waals surface area contributed by atoms with Crippen molar-refractivity contribution in [3.05, 3.63) is 36.0 Å². The second-order valence-electron chi connectivity index (χ2n) is 9.66. The lowest BCUT2D eigenvalue weighted by atomic mass is 10.0. The van der Waals surface area contributed by atoms with Gasteiger partial charge in [-0.1, -0.05) is 32.0 Å². The van der Waals surface area contributed by atoms with Gasteiger partial charge in [-0.2, -0.15) is 0 Å². The highest BCUT2D eigenvalue weighted by molar-refractivity contribution is 5.96. The molecule has 1 heterocycles. The van der Waals surface area contributed by atoms with Crippen molar-refractivity contribution in [1.29, 1.82) is 0 Å². The number of rotatable bonds is 14. The molecule has 0 radical (unpaired) electrons. The Hall–Kier alpha value is -3.97. The second-order valence-corrected chi connectivity index (χ2v) is 9.66. The van der Waals surface area contributed by atoms with Gasteiger partial charge in [-0.25, -0.2) is 4.79 Å². The average Bonchev–Trinajstić information content (AvgIpc) is 3.23. The first-order chi connectivity index (χ1) is 17.8. The molecule has 2 rings (SSSR count). The number of carboxylic acids is 1. The molecule has 1 aromatic carbocycles. The van der Waals surface area contributed by atoms with Gasteiger partial charge < -0.3 is 42.6 Å². The topological polar surface area (TPSA) is 230 Å². The van der Waals surface area contributed by atoms with Gasteiger partial charge in [-0.15, -0.1) is 0 Å². The van der Waals surface area contributed by atoms with E-state index in [0.29, 0.717) is 0 Å². The number of para-hydroxylation sites is 1. The number of primary amides is 1. The van der Waals surface area contributed by atoms with E-state index in [4.69, 9.17) is 11.5 Å². The molecule has 1 aromatic heterocycles. The summed E-state index contributed by atoms with van der Waals surface area (Å²) in [5, 5.41) is 26.9. The summed E-state index contributed by atoms with van der Waals surface area (Å²) in [6.07, 6.45) is 0.0416. The third kappa shape index (κ3) is 8.56. The molecule has 4 amide bonds. The van der Waals surface area contributed by atoms with Crippen molar-refractivity contribution in [3.8, 4) is 0 Å². The van der Waals surface area contributed by atoms with Crippen LogP contribution in [0.5, 0.6) is 0 Å². The standard InChI is InChI=1S/C25H36N6O7/c1-12(2)8-18(24(36)31-21(13(3)32)25(37)38)30-23(35)19(10-20(27)33)29-22(34)16(26)9-14-11-28-17-7-5-4-6-15(14)17/h4-7,11-13,16,18-19,21,28,32H,8-10,26H2,1-3H3,(H2,27,33)(H,29,34)(H,30,35)(H,31,36)(H,37,38). The van der Waals surface area contributed by atoms with Crippen molar-refractivity contribution in [3.63, 3.8) is 0 Å². The van der Waals surface area contributed by atoms with E-state index in [0.717, 1.165) is 16.5 Å². The van der Waals surface area contributed by atoms with E-state index in [1.54, 1.807) is 20.0 Å². The van der Waals surface area contributed by atoms with E-state index in [1.165, 1.54) is 6.92 Å². The van der Waals surface area contributed by atoms with Crippen molar-refractivity contribution in [2.24, 2.45) is 17.4 Å². The zero-order valence-electron chi connectivity index (χ0n) is 21.6. The van der Waals surface area contributed by atoms with Gasteiger partial charge in [-0.05, 0) is 37.3 Å². The van der Waals surface area contributed by atoms with E-state index in [-0.39, 0.29) is 18.8 Å². The SMILES string of the molecule is CC(C)CC(NC(=O)C(CC(N)=O)NC(=O)C(N)Cc1c[nH]c2ccccc12)C(=O)NC(C(=O)O)C(C)O. The lowest BCUT2D eigenvalue weighted by Gasteiger charge is -2.26. The molecule has 0 saturated carbocycles. The minimum absolute atomic E-state index is 0.102. The highest BCUT2D eigenvalue weighted by Crippen LogP contribution is 2.19. The number of hydrogen-bond acceptors (Lipinski definition) is 7. The number of carboxylic acid groups (broad SMARTS) is 1. The van der Waals surface area contributed by atoms with Gasteiger partial charge in [0.05, 0.1) is 18.6 Å². The predicted octanol–water partition coefficient (Wildman–Crippen LogP) is -1.12. The van der Waals surface area contributed by atoms with Crippen LogP contribution in [0.4, 0.5) is 0 Å². The molecule has 0 fully saturated rings. The van der Waals surface area contributed by atoms with Gasteiger partial charge in [0.1, 0.15) is 12.1 Å². The van der Waals surface area contributed by atoms with Crippen molar-refractivity contribution < 1.29 is 34.2 Å². The third-order valence-electron chi connectivity index (χ3n) is 5.88. The second kappa shape index (κ2) is 13.5. The summed E-state index contributed by atoms with van der Waals surface area (Å²) in [4.78, 5) is 64.8. The number of nitrogens with one attached hydrogen (secondary N) is 4. The molecule has 38 heavy (non-hydrogen) atoms. The summed E-state index contributed by atoms with van der Waals surface area (Å²) in [6.45, 7) is 4.76. The molecule has 0 bridgehead atoms. The number of carbonyl (C=O) groups excluding carboxylic acids is 4. The van der Waals surface area contributed by atoms with Crippen LogP contribution in [-0.4, -0.2) is 75.1 Å². The summed E-state index contributed by atoms with van der Waals surface area (Å²) in [6, 6.07) is 2.16. The third-order valence-corrected chi connectivity index (χ3v) is 5.88. The Balaban J connectivity index is 2.14. The number of carbonyl (C=O) groups is 5. The zero-order chi connectivity index (χ0) is 28.6. The van der Waals surface area contributed by atoms with E-state index in [2.05, 4.69) is 20.9 Å². The first kappa shape index (κ1) is 30.3. The number of fused-ring (bicyclic) bond motifs is 1. The molecule has 5 atom stereocenters. The van der Waals surface area contributed by atoms with Crippen molar-refractivity contribution in [2.45, 2.75) is 70.3 Å². The number of amides is 4. The number of aliphatic carboxylic acids is 1. The van der Waals surface area contributed by atoms with Crippen molar-refractivity contribution in [1.82, 2.24) is 20.9 Å². The van der Waals surface area contributed by atoms with Gasteiger partial charge in [0.25, 0.3) is 0 Å². The average molecular weight is 533 g/mol. The summed E-state index contributed by atoms with van der Waals surface area (Å²) in [5.41, 5.74) is 13.0. The lowest BCUT2D eigenvalue weighted by molar-refractivity contribution is -0.145. The minimum atomic E-state index is -1.60. The Bertz CT molecular complexity index is 1160. The first-order valence-corrected chi connectivity index (χ1v) is 12.2. The maximum Gasteiger partial charge on any atom is 0.328 e. The molecule has 0 aliphatic carbocycles. The quantitative estimate of drug-likeness (QED) is 0.148. The molecule has 5 unspecified atom stereocenters. The Labute approximate surface area is 219 Å². The monoisotopic (exact) mass is 532 g/mol. The minimum Gasteiger partial charge on any atom is -0.480 e. The molecule has 0 aliphatic rings. The number of benzene rings is 1. The van der Waals surface area contributed by atoms with Crippen LogP contribution in [0.25, 0.3) is 10.9 Å². The van der Waals surface area contributed by atoms with Crippen LogP contribution in [0, 0.1) is 5.92 Å². The normalized spacial score (nSPS) is 15.2. The highest BCUT2D eigenvalue weighted by Gasteiger charge is 2.32. The Morgan fingerprint density at radius 1 is 0.947 bits per heavy atom. The van der Waals surface area contributed by atoms with Crippen LogP contribution >= 0.6 is 0 Å². The fourth-order valence-corrected chi connectivity index (χ4v) is 3.94. The van der Waals surface area contributed by atoms with Crippen molar-refractivity contribution in [2.75, 3.05) is 0 Å². The van der Waals surface area contributed by atoms with Crippen LogP contribution in [0.1, 0.15) is 39.2 Å².